The first-order valence-corrected chi connectivity index (χ1v) is 9.34. The monoisotopic (exact) mass is 354 g/mol. The van der Waals surface area contributed by atoms with E-state index in [1.165, 1.54) is 6.42 Å². The summed E-state index contributed by atoms with van der Waals surface area (Å²) in [5.41, 5.74) is 6.72. The third kappa shape index (κ3) is 2.32. The molecule has 3 aromatic rings. The molecule has 0 atom stereocenters. The average molecular weight is 354 g/mol. The highest BCUT2D eigenvalue weighted by Gasteiger charge is 2.41. The number of nitrogens with one attached hydrogen (secondary N) is 2. The number of nitrogens with zero attached hydrogens (tertiary/aromatic N) is 4. The van der Waals surface area contributed by atoms with Gasteiger partial charge in [0.25, 0.3) is 0 Å². The summed E-state index contributed by atoms with van der Waals surface area (Å²) in [6, 6.07) is 0. The molecule has 1 aliphatic heterocycles. The van der Waals surface area contributed by atoms with Gasteiger partial charge in [0, 0.05) is 29.9 Å². The number of hydroxylamine groups is 1. The van der Waals surface area contributed by atoms with Crippen LogP contribution in [-0.4, -0.2) is 25.3 Å². The lowest BCUT2D eigenvalue weighted by atomic mass is 9.80. The van der Waals surface area contributed by atoms with Gasteiger partial charge < -0.3 is 5.32 Å². The van der Waals surface area contributed by atoms with Gasteiger partial charge in [-0.3, -0.25) is 10.3 Å². The van der Waals surface area contributed by atoms with E-state index in [0.717, 1.165) is 52.5 Å². The van der Waals surface area contributed by atoms with Crippen LogP contribution in [0.5, 0.6) is 0 Å². The number of aryl methyl sites for hydroxylation is 1. The molecule has 0 unspecified atom stereocenters. The Morgan fingerprint density at radius 3 is 2.96 bits per heavy atom. The number of aromatic nitrogens is 4. The van der Waals surface area contributed by atoms with Crippen LogP contribution in [0.15, 0.2) is 30.0 Å². The SMILES string of the molecule is CCn1ncc2c(Nc3nccs3)c(C3=CC4(CCC4)ON3)cnc21. The Morgan fingerprint density at radius 1 is 1.36 bits per heavy atom. The lowest BCUT2D eigenvalue weighted by Gasteiger charge is -2.33. The molecule has 7 nitrogen and oxygen atoms in total. The van der Waals surface area contributed by atoms with Crippen molar-refractivity contribution in [1.82, 2.24) is 25.2 Å². The molecule has 1 spiro atoms. The highest BCUT2D eigenvalue weighted by molar-refractivity contribution is 7.13. The van der Waals surface area contributed by atoms with E-state index in [1.54, 1.807) is 17.5 Å². The Balaban J connectivity index is 1.66. The van der Waals surface area contributed by atoms with Crippen molar-refractivity contribution in [3.05, 3.63) is 35.6 Å². The molecule has 4 heterocycles. The van der Waals surface area contributed by atoms with Crippen LogP contribution in [0.3, 0.4) is 0 Å². The molecule has 25 heavy (non-hydrogen) atoms. The van der Waals surface area contributed by atoms with Gasteiger partial charge >= 0.3 is 0 Å². The van der Waals surface area contributed by atoms with E-state index in [1.807, 2.05) is 22.5 Å². The molecule has 0 radical (unpaired) electrons. The Kier molecular flexibility index (Phi) is 3.29. The van der Waals surface area contributed by atoms with Crippen molar-refractivity contribution < 1.29 is 4.84 Å². The topological polar surface area (TPSA) is 76.9 Å². The van der Waals surface area contributed by atoms with Crippen molar-refractivity contribution in [3.8, 4) is 0 Å². The molecule has 0 amide bonds. The Labute approximate surface area is 148 Å². The molecule has 0 aromatic carbocycles. The first-order chi connectivity index (χ1) is 12.3. The molecule has 128 valence electrons. The minimum Gasteiger partial charge on any atom is -0.330 e. The predicted octanol–water partition coefficient (Wildman–Crippen LogP) is 3.45. The van der Waals surface area contributed by atoms with Gasteiger partial charge in [-0.25, -0.2) is 14.6 Å². The second-order valence-corrected chi connectivity index (χ2v) is 7.28. The van der Waals surface area contributed by atoms with Crippen LogP contribution in [0.4, 0.5) is 10.8 Å². The zero-order chi connectivity index (χ0) is 16.9. The second-order valence-electron chi connectivity index (χ2n) is 6.39. The normalized spacial score (nSPS) is 18.2. The minimum absolute atomic E-state index is 0.143. The van der Waals surface area contributed by atoms with E-state index in [2.05, 4.69) is 38.9 Å². The average Bonchev–Trinajstić information content (AvgIpc) is 3.33. The Hall–Kier alpha value is -2.45. The van der Waals surface area contributed by atoms with Crippen molar-refractivity contribution in [3.63, 3.8) is 0 Å². The molecular weight excluding hydrogens is 336 g/mol. The van der Waals surface area contributed by atoms with E-state index >= 15 is 0 Å². The van der Waals surface area contributed by atoms with E-state index in [0.29, 0.717) is 0 Å². The largest absolute Gasteiger partial charge is 0.330 e. The van der Waals surface area contributed by atoms with Crippen LogP contribution < -0.4 is 10.8 Å². The molecule has 0 saturated heterocycles. The highest BCUT2D eigenvalue weighted by Crippen LogP contribution is 2.43. The van der Waals surface area contributed by atoms with Gasteiger partial charge in [-0.1, -0.05) is 0 Å². The van der Waals surface area contributed by atoms with Gasteiger partial charge in [0.1, 0.15) is 5.60 Å². The smallest absolute Gasteiger partial charge is 0.187 e. The fraction of sp³-hybridized carbons (Fsp3) is 0.353. The third-order valence-electron chi connectivity index (χ3n) is 4.89. The fourth-order valence-corrected chi connectivity index (χ4v) is 3.91. The van der Waals surface area contributed by atoms with Crippen molar-refractivity contribution in [2.45, 2.75) is 38.3 Å². The maximum Gasteiger partial charge on any atom is 0.187 e. The summed E-state index contributed by atoms with van der Waals surface area (Å²) < 4.78 is 1.90. The Morgan fingerprint density at radius 2 is 2.28 bits per heavy atom. The van der Waals surface area contributed by atoms with Gasteiger partial charge in [0.2, 0.25) is 0 Å². The molecule has 8 heteroatoms. The van der Waals surface area contributed by atoms with Crippen LogP contribution in [-0.2, 0) is 11.4 Å². The maximum absolute atomic E-state index is 5.84. The summed E-state index contributed by atoms with van der Waals surface area (Å²) in [5, 5.41) is 11.7. The number of hydrogen-bond donors (Lipinski definition) is 2. The number of anilines is 2. The summed E-state index contributed by atoms with van der Waals surface area (Å²) >= 11 is 1.56. The second kappa shape index (κ2) is 5.53. The molecule has 1 aliphatic carbocycles. The van der Waals surface area contributed by atoms with Gasteiger partial charge in [0.05, 0.1) is 23.0 Å². The minimum atomic E-state index is -0.143. The number of thiazole rings is 1. The van der Waals surface area contributed by atoms with Crippen molar-refractivity contribution >= 4 is 38.9 Å². The lowest BCUT2D eigenvalue weighted by molar-refractivity contribution is -0.0821. The summed E-state index contributed by atoms with van der Waals surface area (Å²) in [7, 11) is 0. The standard InChI is InChI=1S/C17H18N6OS/c1-2-23-15-12(10-20-23)14(21-16-18-6-7-25-16)11(9-19-15)13-8-17(24-22-13)4-3-5-17/h6-10,22H,2-5H2,1H3,(H,18,19,21). The molecule has 3 aromatic heterocycles. The van der Waals surface area contributed by atoms with E-state index in [9.17, 15) is 0 Å². The lowest BCUT2D eigenvalue weighted by Crippen LogP contribution is -2.36. The zero-order valence-electron chi connectivity index (χ0n) is 13.8. The highest BCUT2D eigenvalue weighted by atomic mass is 32.1. The van der Waals surface area contributed by atoms with Gasteiger partial charge in [0.15, 0.2) is 10.8 Å². The van der Waals surface area contributed by atoms with Gasteiger partial charge in [-0.2, -0.15) is 5.10 Å². The molecule has 2 N–H and O–H groups in total. The summed E-state index contributed by atoms with van der Waals surface area (Å²) in [6.07, 6.45) is 11.0. The van der Waals surface area contributed by atoms with Crippen molar-refractivity contribution in [2.24, 2.45) is 0 Å². The Bertz CT molecular complexity index is 957. The summed E-state index contributed by atoms with van der Waals surface area (Å²) in [4.78, 5) is 14.8. The molecule has 5 rings (SSSR count). The van der Waals surface area contributed by atoms with E-state index in [-0.39, 0.29) is 5.60 Å². The number of hydrogen-bond acceptors (Lipinski definition) is 7. The molecule has 2 aliphatic rings. The molecule has 1 fully saturated rings. The quantitative estimate of drug-likeness (QED) is 0.747. The fourth-order valence-electron chi connectivity index (χ4n) is 3.37. The van der Waals surface area contributed by atoms with Gasteiger partial charge in [-0.05, 0) is 32.3 Å². The molecule has 1 saturated carbocycles. The first-order valence-electron chi connectivity index (χ1n) is 8.46. The van der Waals surface area contributed by atoms with E-state index < -0.39 is 0 Å². The van der Waals surface area contributed by atoms with Crippen molar-refractivity contribution in [2.75, 3.05) is 5.32 Å². The summed E-state index contributed by atoms with van der Waals surface area (Å²) in [5.74, 6) is 0. The van der Waals surface area contributed by atoms with Crippen LogP contribution in [0.1, 0.15) is 31.7 Å². The maximum atomic E-state index is 5.84. The van der Waals surface area contributed by atoms with E-state index in [4.69, 9.17) is 4.84 Å². The number of pyridine rings is 1. The molecular formula is C17H18N6OS. The third-order valence-corrected chi connectivity index (χ3v) is 5.58. The zero-order valence-corrected chi connectivity index (χ0v) is 14.6. The van der Waals surface area contributed by atoms with Gasteiger partial charge in [-0.15, -0.1) is 11.3 Å². The van der Waals surface area contributed by atoms with Crippen LogP contribution in [0, 0.1) is 0 Å². The molecule has 0 bridgehead atoms. The van der Waals surface area contributed by atoms with Crippen LogP contribution in [0.25, 0.3) is 16.7 Å². The predicted molar refractivity (Wildman–Crippen MR) is 97.4 cm³/mol. The summed E-state index contributed by atoms with van der Waals surface area (Å²) in [6.45, 7) is 2.84. The van der Waals surface area contributed by atoms with Crippen LogP contribution in [0.2, 0.25) is 0 Å². The van der Waals surface area contributed by atoms with Crippen LogP contribution >= 0.6 is 11.3 Å². The number of fused-ring (bicyclic) bond motifs is 1. The number of rotatable bonds is 4. The van der Waals surface area contributed by atoms with Crippen molar-refractivity contribution in [1.29, 1.82) is 0 Å². The first kappa shape index (κ1) is 14.9.